The highest BCUT2D eigenvalue weighted by Crippen LogP contribution is 2.25. The predicted molar refractivity (Wildman–Crippen MR) is 122 cm³/mol. The van der Waals surface area contributed by atoms with Gasteiger partial charge in [-0.1, -0.05) is 55.9 Å². The molecule has 1 saturated carbocycles. The van der Waals surface area contributed by atoms with Gasteiger partial charge in [0.15, 0.2) is 11.0 Å². The minimum absolute atomic E-state index is 0.0978. The summed E-state index contributed by atoms with van der Waals surface area (Å²) in [7, 11) is 4.31. The second-order valence-corrected chi connectivity index (χ2v) is 9.71. The van der Waals surface area contributed by atoms with E-state index in [2.05, 4.69) is 72.3 Å². The molecule has 164 valence electrons. The van der Waals surface area contributed by atoms with Gasteiger partial charge < -0.3 is 10.2 Å². The standard InChI is InChI=1S/C23H35N5OS/c1-5-20(27(3)4)22-25-26-23(28(22)15-18-9-7-6-8-10-18)30-16-21(29)24-19-13-11-17(2)12-14-19/h6-10,17,19-20H,5,11-16H2,1-4H3,(H,24,29)/p+1/t17?,19?,20-/m1/s1. The number of hydrogen-bond donors (Lipinski definition) is 2. The molecule has 3 rings (SSSR count). The molecule has 2 aromatic rings. The van der Waals surface area contributed by atoms with Crippen LogP contribution in [0.4, 0.5) is 0 Å². The number of aromatic nitrogens is 3. The van der Waals surface area contributed by atoms with Crippen molar-refractivity contribution >= 4 is 17.7 Å². The number of thioether (sulfide) groups is 1. The largest absolute Gasteiger partial charge is 0.353 e. The molecule has 0 radical (unpaired) electrons. The van der Waals surface area contributed by atoms with E-state index in [1.807, 2.05) is 6.07 Å². The van der Waals surface area contributed by atoms with Gasteiger partial charge in [0.2, 0.25) is 5.91 Å². The second kappa shape index (κ2) is 11.0. The Balaban J connectivity index is 1.70. The molecule has 0 bridgehead atoms. The first-order valence-corrected chi connectivity index (χ1v) is 12.2. The van der Waals surface area contributed by atoms with Gasteiger partial charge in [-0.2, -0.15) is 0 Å². The normalized spacial score (nSPS) is 20.3. The fourth-order valence-corrected chi connectivity index (χ4v) is 4.99. The van der Waals surface area contributed by atoms with Gasteiger partial charge in [0.05, 0.1) is 26.4 Å². The molecule has 2 N–H and O–H groups in total. The molecule has 1 fully saturated rings. The summed E-state index contributed by atoms with van der Waals surface area (Å²) in [6, 6.07) is 11.0. The molecule has 1 aliphatic rings. The van der Waals surface area contributed by atoms with Crippen molar-refractivity contribution in [1.82, 2.24) is 20.1 Å². The maximum atomic E-state index is 12.5. The van der Waals surface area contributed by atoms with E-state index in [0.29, 0.717) is 11.8 Å². The number of hydrogen-bond acceptors (Lipinski definition) is 4. The third-order valence-corrected chi connectivity index (χ3v) is 7.03. The third-order valence-electron chi connectivity index (χ3n) is 6.06. The summed E-state index contributed by atoms with van der Waals surface area (Å²) in [6.45, 7) is 5.20. The zero-order valence-corrected chi connectivity index (χ0v) is 19.5. The quantitative estimate of drug-likeness (QED) is 0.601. The second-order valence-electron chi connectivity index (χ2n) is 8.76. The van der Waals surface area contributed by atoms with Crippen LogP contribution in [0, 0.1) is 5.92 Å². The highest BCUT2D eigenvalue weighted by atomic mass is 32.2. The van der Waals surface area contributed by atoms with Crippen LogP contribution in [0.15, 0.2) is 35.5 Å². The van der Waals surface area contributed by atoms with Crippen LogP contribution in [0.25, 0.3) is 0 Å². The van der Waals surface area contributed by atoms with Crippen LogP contribution in [-0.4, -0.2) is 46.6 Å². The Hall–Kier alpha value is -1.86. The summed E-state index contributed by atoms with van der Waals surface area (Å²) in [5, 5.41) is 13.1. The Morgan fingerprint density at radius 1 is 1.20 bits per heavy atom. The molecule has 0 aliphatic heterocycles. The van der Waals surface area contributed by atoms with Gasteiger partial charge >= 0.3 is 0 Å². The van der Waals surface area contributed by atoms with E-state index in [0.717, 1.165) is 42.7 Å². The van der Waals surface area contributed by atoms with Crippen LogP contribution in [-0.2, 0) is 11.3 Å². The number of rotatable bonds is 9. The zero-order chi connectivity index (χ0) is 21.5. The lowest BCUT2D eigenvalue weighted by atomic mass is 9.87. The van der Waals surface area contributed by atoms with Crippen LogP contribution in [0.2, 0.25) is 0 Å². The minimum Gasteiger partial charge on any atom is -0.353 e. The zero-order valence-electron chi connectivity index (χ0n) is 18.7. The van der Waals surface area contributed by atoms with E-state index >= 15 is 0 Å². The summed E-state index contributed by atoms with van der Waals surface area (Å²) >= 11 is 1.49. The van der Waals surface area contributed by atoms with Gasteiger partial charge in [-0.3, -0.25) is 9.36 Å². The summed E-state index contributed by atoms with van der Waals surface area (Å²) in [6.07, 6.45) is 5.59. The van der Waals surface area contributed by atoms with Crippen molar-refractivity contribution in [3.63, 3.8) is 0 Å². The fraction of sp³-hybridized carbons (Fsp3) is 0.609. The summed E-state index contributed by atoms with van der Waals surface area (Å²) in [4.78, 5) is 13.9. The molecule has 30 heavy (non-hydrogen) atoms. The minimum atomic E-state index is 0.0978. The van der Waals surface area contributed by atoms with E-state index in [1.54, 1.807) is 0 Å². The summed E-state index contributed by atoms with van der Waals surface area (Å²) in [5.41, 5.74) is 1.21. The molecule has 1 amide bonds. The fourth-order valence-electron chi connectivity index (χ4n) is 4.23. The molecule has 7 heteroatoms. The van der Waals surface area contributed by atoms with Gasteiger partial charge in [-0.25, -0.2) is 0 Å². The van der Waals surface area contributed by atoms with Crippen LogP contribution in [0.1, 0.15) is 63.4 Å². The Labute approximate surface area is 184 Å². The lowest BCUT2D eigenvalue weighted by Gasteiger charge is -2.26. The molecule has 1 atom stereocenters. The van der Waals surface area contributed by atoms with Crippen molar-refractivity contribution in [1.29, 1.82) is 0 Å². The van der Waals surface area contributed by atoms with Gasteiger partial charge in [-0.15, -0.1) is 10.2 Å². The lowest BCUT2D eigenvalue weighted by molar-refractivity contribution is -0.893. The third kappa shape index (κ3) is 6.08. The maximum absolute atomic E-state index is 12.5. The molecule has 0 spiro atoms. The number of quaternary nitrogens is 1. The SMILES string of the molecule is CC[C@H](c1nnc(SCC(=O)NC2CCC(C)CC2)n1Cc1ccccc1)[NH+](C)C. The molecule has 6 nitrogen and oxygen atoms in total. The molecular formula is C23H36N5OS+. The van der Waals surface area contributed by atoms with E-state index in [9.17, 15) is 4.79 Å². The van der Waals surface area contributed by atoms with Crippen LogP contribution in [0.3, 0.4) is 0 Å². The first-order chi connectivity index (χ1) is 14.5. The Morgan fingerprint density at radius 3 is 2.53 bits per heavy atom. The number of carbonyl (C=O) groups excluding carboxylic acids is 1. The molecule has 0 unspecified atom stereocenters. The van der Waals surface area contributed by atoms with Gasteiger partial charge in [0.25, 0.3) is 0 Å². The molecule has 1 aliphatic carbocycles. The molecule has 1 aromatic heterocycles. The summed E-state index contributed by atoms with van der Waals surface area (Å²) < 4.78 is 2.19. The Kier molecular flexibility index (Phi) is 8.33. The molecule has 0 saturated heterocycles. The first kappa shape index (κ1) is 22.8. The van der Waals surface area contributed by atoms with E-state index in [4.69, 9.17) is 0 Å². The average molecular weight is 431 g/mol. The number of nitrogens with one attached hydrogen (secondary N) is 2. The smallest absolute Gasteiger partial charge is 0.230 e. The van der Waals surface area contributed by atoms with Crippen LogP contribution in [0.5, 0.6) is 0 Å². The molecule has 1 heterocycles. The first-order valence-electron chi connectivity index (χ1n) is 11.2. The van der Waals surface area contributed by atoms with E-state index < -0.39 is 0 Å². The average Bonchev–Trinajstić information content (AvgIpc) is 3.11. The maximum Gasteiger partial charge on any atom is 0.230 e. The van der Waals surface area contributed by atoms with Crippen LogP contribution >= 0.6 is 11.8 Å². The Morgan fingerprint density at radius 2 is 1.90 bits per heavy atom. The predicted octanol–water partition coefficient (Wildman–Crippen LogP) is 2.71. The number of nitrogens with zero attached hydrogens (tertiary/aromatic N) is 3. The highest BCUT2D eigenvalue weighted by molar-refractivity contribution is 7.99. The van der Waals surface area contributed by atoms with Crippen molar-refractivity contribution < 1.29 is 9.69 Å². The highest BCUT2D eigenvalue weighted by Gasteiger charge is 2.26. The Bertz CT molecular complexity index is 799. The van der Waals surface area contributed by atoms with E-state index in [1.165, 1.54) is 35.1 Å². The number of carbonyl (C=O) groups is 1. The van der Waals surface area contributed by atoms with Gasteiger partial charge in [0.1, 0.15) is 6.04 Å². The van der Waals surface area contributed by atoms with Crippen LogP contribution < -0.4 is 10.2 Å². The number of amides is 1. The van der Waals surface area contributed by atoms with E-state index in [-0.39, 0.29) is 11.9 Å². The van der Waals surface area contributed by atoms with Gasteiger partial charge in [-0.05, 0) is 37.2 Å². The van der Waals surface area contributed by atoms with Crippen molar-refractivity contribution in [2.45, 2.75) is 69.7 Å². The molecular weight excluding hydrogens is 394 g/mol. The topological polar surface area (TPSA) is 64.2 Å². The summed E-state index contributed by atoms with van der Waals surface area (Å²) in [5.74, 6) is 2.25. The lowest BCUT2D eigenvalue weighted by Crippen LogP contribution is -3.06. The number of benzene rings is 1. The monoisotopic (exact) mass is 430 g/mol. The van der Waals surface area contributed by atoms with Crippen molar-refractivity contribution in [2.75, 3.05) is 19.8 Å². The van der Waals surface area contributed by atoms with Crippen molar-refractivity contribution in [3.05, 3.63) is 41.7 Å². The van der Waals surface area contributed by atoms with Crippen molar-refractivity contribution in [3.8, 4) is 0 Å². The van der Waals surface area contributed by atoms with Crippen molar-refractivity contribution in [2.24, 2.45) is 5.92 Å². The molecule has 1 aromatic carbocycles. The van der Waals surface area contributed by atoms with Gasteiger partial charge in [0, 0.05) is 12.5 Å².